The van der Waals surface area contributed by atoms with Crippen LogP contribution in [0.15, 0.2) is 18.2 Å². The van der Waals surface area contributed by atoms with Gasteiger partial charge in [0.25, 0.3) is 5.91 Å². The lowest BCUT2D eigenvalue weighted by molar-refractivity contribution is 0.0179. The molecule has 2 aliphatic heterocycles. The van der Waals surface area contributed by atoms with Crippen LogP contribution in [0.5, 0.6) is 0 Å². The number of amides is 1. The molecular formula is C18H25ClN2O3. The number of aliphatic hydroxyl groups is 2. The van der Waals surface area contributed by atoms with Crippen LogP contribution in [0.3, 0.4) is 0 Å². The van der Waals surface area contributed by atoms with Crippen molar-refractivity contribution in [3.63, 3.8) is 0 Å². The normalized spacial score (nSPS) is 20.5. The van der Waals surface area contributed by atoms with E-state index in [0.717, 1.165) is 18.8 Å². The number of anilines is 1. The summed E-state index contributed by atoms with van der Waals surface area (Å²) < 4.78 is 0. The van der Waals surface area contributed by atoms with Gasteiger partial charge in [-0.05, 0) is 49.8 Å². The van der Waals surface area contributed by atoms with Gasteiger partial charge in [-0.1, -0.05) is 11.6 Å². The van der Waals surface area contributed by atoms with E-state index in [1.807, 2.05) is 17.0 Å². The molecule has 2 saturated heterocycles. The Balaban J connectivity index is 1.64. The molecule has 24 heavy (non-hydrogen) atoms. The summed E-state index contributed by atoms with van der Waals surface area (Å²) in [6.45, 7) is 3.03. The maximum atomic E-state index is 12.7. The lowest BCUT2D eigenvalue weighted by Crippen LogP contribution is -2.42. The molecule has 1 aromatic rings. The summed E-state index contributed by atoms with van der Waals surface area (Å²) in [6, 6.07) is 5.58. The molecule has 0 bridgehead atoms. The van der Waals surface area contributed by atoms with E-state index < -0.39 is 6.10 Å². The fourth-order valence-corrected chi connectivity index (χ4v) is 3.97. The first kappa shape index (κ1) is 17.5. The number of likely N-dealkylation sites (tertiary alicyclic amines) is 1. The largest absolute Gasteiger partial charge is 0.394 e. The lowest BCUT2D eigenvalue weighted by Gasteiger charge is -2.34. The molecule has 0 aromatic heterocycles. The summed E-state index contributed by atoms with van der Waals surface area (Å²) in [7, 11) is 0. The van der Waals surface area contributed by atoms with Gasteiger partial charge in [0.15, 0.2) is 0 Å². The van der Waals surface area contributed by atoms with Crippen LogP contribution in [0.1, 0.15) is 36.0 Å². The van der Waals surface area contributed by atoms with Gasteiger partial charge in [0, 0.05) is 31.7 Å². The molecule has 0 saturated carbocycles. The van der Waals surface area contributed by atoms with Crippen molar-refractivity contribution in [2.45, 2.75) is 31.8 Å². The number of benzene rings is 1. The van der Waals surface area contributed by atoms with E-state index in [2.05, 4.69) is 4.90 Å². The van der Waals surface area contributed by atoms with E-state index in [-0.39, 0.29) is 18.4 Å². The van der Waals surface area contributed by atoms with Crippen molar-refractivity contribution in [1.29, 1.82) is 0 Å². The number of hydrogen-bond acceptors (Lipinski definition) is 4. The second kappa shape index (κ2) is 7.72. The Morgan fingerprint density at radius 1 is 1.21 bits per heavy atom. The van der Waals surface area contributed by atoms with E-state index >= 15 is 0 Å². The third kappa shape index (κ3) is 3.68. The number of halogens is 1. The average molecular weight is 353 g/mol. The van der Waals surface area contributed by atoms with Gasteiger partial charge in [0.05, 0.1) is 23.4 Å². The predicted molar refractivity (Wildman–Crippen MR) is 94.6 cm³/mol. The lowest BCUT2D eigenvalue weighted by atomic mass is 9.91. The van der Waals surface area contributed by atoms with Crippen LogP contribution in [-0.2, 0) is 0 Å². The van der Waals surface area contributed by atoms with Crippen LogP contribution in [0, 0.1) is 5.92 Å². The first-order chi connectivity index (χ1) is 11.6. The zero-order chi connectivity index (χ0) is 17.1. The van der Waals surface area contributed by atoms with E-state index in [1.165, 1.54) is 12.8 Å². The fourth-order valence-electron chi connectivity index (χ4n) is 3.67. The predicted octanol–water partition coefficient (Wildman–Crippen LogP) is 2.15. The van der Waals surface area contributed by atoms with Gasteiger partial charge < -0.3 is 20.0 Å². The zero-order valence-electron chi connectivity index (χ0n) is 13.8. The number of piperidine rings is 1. The van der Waals surface area contributed by atoms with E-state index in [4.69, 9.17) is 16.7 Å². The first-order valence-corrected chi connectivity index (χ1v) is 9.10. The summed E-state index contributed by atoms with van der Waals surface area (Å²) in [4.78, 5) is 16.7. The molecule has 5 nitrogen and oxygen atoms in total. The smallest absolute Gasteiger partial charge is 0.253 e. The number of rotatable bonds is 4. The molecule has 1 unspecified atom stereocenters. The molecule has 2 fully saturated rings. The molecule has 132 valence electrons. The Labute approximate surface area is 147 Å². The highest BCUT2D eigenvalue weighted by atomic mass is 35.5. The van der Waals surface area contributed by atoms with Crippen LogP contribution < -0.4 is 4.90 Å². The Kier molecular flexibility index (Phi) is 5.64. The molecule has 1 amide bonds. The molecule has 1 aromatic carbocycles. The highest BCUT2D eigenvalue weighted by Crippen LogP contribution is 2.30. The standard InChI is InChI=1S/C18H25ClN2O3/c19-15-11-14(3-4-16(15)20-7-1-2-8-20)18(24)21-9-5-13(6-10-21)17(23)12-22/h3-4,11,13,17,22-23H,1-2,5-10,12H2. The van der Waals surface area contributed by atoms with Crippen molar-refractivity contribution in [1.82, 2.24) is 4.90 Å². The monoisotopic (exact) mass is 352 g/mol. The summed E-state index contributed by atoms with van der Waals surface area (Å²) in [5.41, 5.74) is 1.62. The quantitative estimate of drug-likeness (QED) is 0.871. The molecular weight excluding hydrogens is 328 g/mol. The maximum Gasteiger partial charge on any atom is 0.253 e. The minimum absolute atomic E-state index is 0.0122. The maximum absolute atomic E-state index is 12.7. The van der Waals surface area contributed by atoms with Crippen molar-refractivity contribution >= 4 is 23.2 Å². The summed E-state index contributed by atoms with van der Waals surface area (Å²) in [6.07, 6.45) is 3.12. The van der Waals surface area contributed by atoms with Crippen LogP contribution in [-0.4, -0.2) is 59.9 Å². The first-order valence-electron chi connectivity index (χ1n) is 8.73. The van der Waals surface area contributed by atoms with Gasteiger partial charge in [-0.2, -0.15) is 0 Å². The van der Waals surface area contributed by atoms with Gasteiger partial charge in [0.2, 0.25) is 0 Å². The summed E-state index contributed by atoms with van der Waals surface area (Å²) in [5.74, 6) is 0.0574. The van der Waals surface area contributed by atoms with Gasteiger partial charge in [0.1, 0.15) is 0 Å². The molecule has 0 spiro atoms. The number of aliphatic hydroxyl groups excluding tert-OH is 2. The van der Waals surface area contributed by atoms with Crippen LogP contribution in [0.2, 0.25) is 5.02 Å². The molecule has 2 aliphatic rings. The Bertz CT molecular complexity index is 582. The number of hydrogen-bond donors (Lipinski definition) is 2. The van der Waals surface area contributed by atoms with Gasteiger partial charge >= 0.3 is 0 Å². The second-order valence-electron chi connectivity index (χ2n) is 6.74. The second-order valence-corrected chi connectivity index (χ2v) is 7.15. The van der Waals surface area contributed by atoms with Gasteiger partial charge in [-0.25, -0.2) is 0 Å². The van der Waals surface area contributed by atoms with Crippen LogP contribution in [0.4, 0.5) is 5.69 Å². The SMILES string of the molecule is O=C(c1ccc(N2CCCC2)c(Cl)c1)N1CCC(C(O)CO)CC1. The molecule has 2 N–H and O–H groups in total. The van der Waals surface area contributed by atoms with Crippen molar-refractivity contribution in [2.75, 3.05) is 37.7 Å². The van der Waals surface area contributed by atoms with Gasteiger partial charge in [-0.15, -0.1) is 0 Å². The number of carbonyl (C=O) groups excluding carboxylic acids is 1. The molecule has 0 radical (unpaired) electrons. The van der Waals surface area contributed by atoms with Crippen molar-refractivity contribution in [2.24, 2.45) is 5.92 Å². The molecule has 2 heterocycles. The zero-order valence-corrected chi connectivity index (χ0v) is 14.6. The summed E-state index contributed by atoms with van der Waals surface area (Å²) >= 11 is 6.40. The fraction of sp³-hybridized carbons (Fsp3) is 0.611. The van der Waals surface area contributed by atoms with E-state index in [9.17, 15) is 9.90 Å². The van der Waals surface area contributed by atoms with Crippen molar-refractivity contribution in [3.05, 3.63) is 28.8 Å². The highest BCUT2D eigenvalue weighted by Gasteiger charge is 2.28. The molecule has 6 heteroatoms. The highest BCUT2D eigenvalue weighted by molar-refractivity contribution is 6.33. The van der Waals surface area contributed by atoms with Gasteiger partial charge in [-0.3, -0.25) is 4.79 Å². The minimum atomic E-state index is -0.684. The number of carbonyl (C=O) groups is 1. The molecule has 0 aliphatic carbocycles. The Hall–Kier alpha value is -1.30. The minimum Gasteiger partial charge on any atom is -0.394 e. The molecule has 3 rings (SSSR count). The Morgan fingerprint density at radius 3 is 2.46 bits per heavy atom. The van der Waals surface area contributed by atoms with Crippen molar-refractivity contribution < 1.29 is 15.0 Å². The Morgan fingerprint density at radius 2 is 1.88 bits per heavy atom. The molecule has 1 atom stereocenters. The van der Waals surface area contributed by atoms with E-state index in [1.54, 1.807) is 6.07 Å². The van der Waals surface area contributed by atoms with Crippen LogP contribution >= 0.6 is 11.6 Å². The number of nitrogens with zero attached hydrogens (tertiary/aromatic N) is 2. The average Bonchev–Trinajstić information content (AvgIpc) is 3.14. The summed E-state index contributed by atoms with van der Waals surface area (Å²) in [5, 5.41) is 19.4. The van der Waals surface area contributed by atoms with Crippen molar-refractivity contribution in [3.8, 4) is 0 Å². The topological polar surface area (TPSA) is 64.0 Å². The van der Waals surface area contributed by atoms with Crippen LogP contribution in [0.25, 0.3) is 0 Å². The third-order valence-electron chi connectivity index (χ3n) is 5.20. The third-order valence-corrected chi connectivity index (χ3v) is 5.50. The van der Waals surface area contributed by atoms with E-state index in [0.29, 0.717) is 36.5 Å².